The number of nitrogens with zero attached hydrogens (tertiary/aromatic N) is 2. The highest BCUT2D eigenvalue weighted by atomic mass is 16.3. The standard InChI is InChI=1S/C10H14N2O2/c1-8-2-4-12(5-3-8)10(13)9-6-14-7-11-9/h6-8H,2-5H2,1H3. The molecule has 2 rings (SSSR count). The van der Waals surface area contributed by atoms with Crippen molar-refractivity contribution in [1.29, 1.82) is 0 Å². The first-order valence-electron chi connectivity index (χ1n) is 4.95. The third-order valence-electron chi connectivity index (χ3n) is 2.72. The molecule has 0 saturated carbocycles. The summed E-state index contributed by atoms with van der Waals surface area (Å²) in [6.45, 7) is 3.90. The van der Waals surface area contributed by atoms with Gasteiger partial charge in [-0.1, -0.05) is 6.92 Å². The molecule has 0 bridgehead atoms. The minimum absolute atomic E-state index is 0.00866. The van der Waals surface area contributed by atoms with Crippen LogP contribution in [0.25, 0.3) is 0 Å². The van der Waals surface area contributed by atoms with E-state index in [4.69, 9.17) is 4.42 Å². The average Bonchev–Trinajstić information content (AvgIpc) is 2.71. The number of hydrogen-bond acceptors (Lipinski definition) is 3. The SMILES string of the molecule is CC1CCN(C(=O)c2cocn2)CC1. The Morgan fingerprint density at radius 3 is 2.86 bits per heavy atom. The van der Waals surface area contributed by atoms with Gasteiger partial charge in [-0.2, -0.15) is 0 Å². The van der Waals surface area contributed by atoms with Gasteiger partial charge in [0.1, 0.15) is 6.26 Å². The highest BCUT2D eigenvalue weighted by Gasteiger charge is 2.22. The Kier molecular flexibility index (Phi) is 2.52. The van der Waals surface area contributed by atoms with Crippen molar-refractivity contribution in [2.75, 3.05) is 13.1 Å². The van der Waals surface area contributed by atoms with Crippen LogP contribution in [0, 0.1) is 5.92 Å². The molecule has 0 spiro atoms. The Morgan fingerprint density at radius 2 is 2.29 bits per heavy atom. The molecule has 1 aromatic rings. The average molecular weight is 194 g/mol. The van der Waals surface area contributed by atoms with Crippen LogP contribution in [-0.4, -0.2) is 28.9 Å². The predicted molar refractivity (Wildman–Crippen MR) is 50.8 cm³/mol. The third-order valence-corrected chi connectivity index (χ3v) is 2.72. The molecule has 1 aliphatic heterocycles. The summed E-state index contributed by atoms with van der Waals surface area (Å²) in [5.41, 5.74) is 0.416. The zero-order valence-electron chi connectivity index (χ0n) is 8.27. The highest BCUT2D eigenvalue weighted by molar-refractivity contribution is 5.91. The summed E-state index contributed by atoms with van der Waals surface area (Å²) < 4.78 is 4.79. The van der Waals surface area contributed by atoms with Crippen molar-refractivity contribution in [1.82, 2.24) is 9.88 Å². The second-order valence-corrected chi connectivity index (χ2v) is 3.85. The Labute approximate surface area is 82.9 Å². The first-order valence-corrected chi connectivity index (χ1v) is 4.95. The summed E-state index contributed by atoms with van der Waals surface area (Å²) in [5.74, 6) is 0.724. The van der Waals surface area contributed by atoms with Crippen molar-refractivity contribution >= 4 is 5.91 Å². The number of amides is 1. The van der Waals surface area contributed by atoms with E-state index in [1.54, 1.807) is 0 Å². The maximum absolute atomic E-state index is 11.8. The lowest BCUT2D eigenvalue weighted by Crippen LogP contribution is -2.38. The number of oxazole rings is 1. The first kappa shape index (κ1) is 9.24. The van der Waals surface area contributed by atoms with E-state index in [1.807, 2.05) is 4.90 Å². The van der Waals surface area contributed by atoms with Gasteiger partial charge in [-0.3, -0.25) is 4.79 Å². The topological polar surface area (TPSA) is 46.3 Å². The Balaban J connectivity index is 1.99. The maximum atomic E-state index is 11.8. The van der Waals surface area contributed by atoms with Gasteiger partial charge in [0.2, 0.25) is 0 Å². The van der Waals surface area contributed by atoms with Gasteiger partial charge in [-0.15, -0.1) is 0 Å². The van der Waals surface area contributed by atoms with E-state index < -0.39 is 0 Å². The number of carbonyl (C=O) groups excluding carboxylic acids is 1. The van der Waals surface area contributed by atoms with Crippen LogP contribution in [0.15, 0.2) is 17.1 Å². The number of likely N-dealkylation sites (tertiary alicyclic amines) is 1. The van der Waals surface area contributed by atoms with Crippen LogP contribution in [0.3, 0.4) is 0 Å². The molecule has 1 fully saturated rings. The van der Waals surface area contributed by atoms with E-state index in [0.29, 0.717) is 5.69 Å². The smallest absolute Gasteiger partial charge is 0.275 e. The number of rotatable bonds is 1. The summed E-state index contributed by atoms with van der Waals surface area (Å²) in [7, 11) is 0. The summed E-state index contributed by atoms with van der Waals surface area (Å²) >= 11 is 0. The molecular weight excluding hydrogens is 180 g/mol. The number of hydrogen-bond donors (Lipinski definition) is 0. The van der Waals surface area contributed by atoms with E-state index in [0.717, 1.165) is 31.8 Å². The van der Waals surface area contributed by atoms with Gasteiger partial charge in [0.15, 0.2) is 12.1 Å². The van der Waals surface area contributed by atoms with Crippen molar-refractivity contribution in [2.24, 2.45) is 5.92 Å². The lowest BCUT2D eigenvalue weighted by Gasteiger charge is -2.29. The predicted octanol–water partition coefficient (Wildman–Crippen LogP) is 1.55. The Morgan fingerprint density at radius 1 is 1.57 bits per heavy atom. The van der Waals surface area contributed by atoms with Gasteiger partial charge in [-0.25, -0.2) is 4.98 Å². The molecule has 0 aromatic carbocycles. The fourth-order valence-electron chi connectivity index (χ4n) is 1.69. The molecule has 0 N–H and O–H groups in total. The quantitative estimate of drug-likeness (QED) is 0.681. The molecule has 14 heavy (non-hydrogen) atoms. The van der Waals surface area contributed by atoms with Crippen LogP contribution in [0.5, 0.6) is 0 Å². The van der Waals surface area contributed by atoms with Crippen LogP contribution >= 0.6 is 0 Å². The number of aromatic nitrogens is 1. The summed E-state index contributed by atoms with van der Waals surface area (Å²) in [4.78, 5) is 17.5. The molecule has 1 aliphatic rings. The van der Waals surface area contributed by atoms with Crippen molar-refractivity contribution in [3.63, 3.8) is 0 Å². The molecule has 0 atom stereocenters. The minimum Gasteiger partial charge on any atom is -0.451 e. The second-order valence-electron chi connectivity index (χ2n) is 3.85. The third kappa shape index (κ3) is 1.78. The van der Waals surface area contributed by atoms with E-state index in [2.05, 4.69) is 11.9 Å². The fraction of sp³-hybridized carbons (Fsp3) is 0.600. The van der Waals surface area contributed by atoms with Gasteiger partial charge < -0.3 is 9.32 Å². The summed E-state index contributed by atoms with van der Waals surface area (Å²) in [6, 6.07) is 0. The fourth-order valence-corrected chi connectivity index (χ4v) is 1.69. The summed E-state index contributed by atoms with van der Waals surface area (Å²) in [6.07, 6.45) is 4.87. The lowest BCUT2D eigenvalue weighted by molar-refractivity contribution is 0.0691. The normalized spacial score (nSPS) is 18.5. The maximum Gasteiger partial charge on any atom is 0.275 e. The molecule has 1 aromatic heterocycles. The molecular formula is C10H14N2O2. The van der Waals surface area contributed by atoms with E-state index in [1.165, 1.54) is 12.7 Å². The largest absolute Gasteiger partial charge is 0.451 e. The van der Waals surface area contributed by atoms with Crippen LogP contribution in [0.2, 0.25) is 0 Å². The van der Waals surface area contributed by atoms with Gasteiger partial charge in [0.05, 0.1) is 0 Å². The monoisotopic (exact) mass is 194 g/mol. The molecule has 0 radical (unpaired) electrons. The van der Waals surface area contributed by atoms with E-state index in [-0.39, 0.29) is 5.91 Å². The van der Waals surface area contributed by atoms with Crippen LogP contribution in [-0.2, 0) is 0 Å². The molecule has 1 saturated heterocycles. The molecule has 1 amide bonds. The number of carbonyl (C=O) groups is 1. The lowest BCUT2D eigenvalue weighted by atomic mass is 9.99. The number of piperidine rings is 1. The van der Waals surface area contributed by atoms with Crippen molar-refractivity contribution in [3.8, 4) is 0 Å². The zero-order valence-corrected chi connectivity index (χ0v) is 8.27. The minimum atomic E-state index is -0.00866. The highest BCUT2D eigenvalue weighted by Crippen LogP contribution is 2.17. The van der Waals surface area contributed by atoms with Crippen molar-refractivity contribution < 1.29 is 9.21 Å². The molecule has 0 unspecified atom stereocenters. The van der Waals surface area contributed by atoms with Crippen LogP contribution in [0.1, 0.15) is 30.3 Å². The Hall–Kier alpha value is -1.32. The summed E-state index contributed by atoms with van der Waals surface area (Å²) in [5, 5.41) is 0. The molecule has 4 heteroatoms. The van der Waals surface area contributed by atoms with Crippen LogP contribution < -0.4 is 0 Å². The van der Waals surface area contributed by atoms with Gasteiger partial charge in [0.25, 0.3) is 5.91 Å². The molecule has 2 heterocycles. The first-order chi connectivity index (χ1) is 6.77. The van der Waals surface area contributed by atoms with E-state index >= 15 is 0 Å². The zero-order chi connectivity index (χ0) is 9.97. The van der Waals surface area contributed by atoms with E-state index in [9.17, 15) is 4.79 Å². The van der Waals surface area contributed by atoms with Gasteiger partial charge >= 0.3 is 0 Å². The van der Waals surface area contributed by atoms with Crippen molar-refractivity contribution in [3.05, 3.63) is 18.4 Å². The molecule has 76 valence electrons. The van der Waals surface area contributed by atoms with Crippen LogP contribution in [0.4, 0.5) is 0 Å². The van der Waals surface area contributed by atoms with Gasteiger partial charge in [0, 0.05) is 13.1 Å². The molecule has 0 aliphatic carbocycles. The van der Waals surface area contributed by atoms with Gasteiger partial charge in [-0.05, 0) is 18.8 Å². The molecule has 4 nitrogen and oxygen atoms in total. The Bertz CT molecular complexity index is 300. The second kappa shape index (κ2) is 3.82. The van der Waals surface area contributed by atoms with Crippen molar-refractivity contribution in [2.45, 2.75) is 19.8 Å².